The number of rotatable bonds is 3. The number of nitrogens with zero attached hydrogens (tertiary/aromatic N) is 2. The largest absolute Gasteiger partial charge is 0.337 e. The van der Waals surface area contributed by atoms with Gasteiger partial charge in [-0.25, -0.2) is 9.78 Å². The summed E-state index contributed by atoms with van der Waals surface area (Å²) in [5.74, 6) is 0.516. The fraction of sp³-hybridized carbons (Fsp3) is 0.143. The molecule has 0 radical (unpaired) electrons. The van der Waals surface area contributed by atoms with Crippen LogP contribution < -0.4 is 15.5 Å². The zero-order chi connectivity index (χ0) is 17.9. The summed E-state index contributed by atoms with van der Waals surface area (Å²) in [5, 5.41) is 5.54. The second kappa shape index (κ2) is 6.88. The van der Waals surface area contributed by atoms with Gasteiger partial charge in [-0.15, -0.1) is 0 Å². The van der Waals surface area contributed by atoms with Gasteiger partial charge >= 0.3 is 6.03 Å². The number of amides is 2. The number of benzene rings is 2. The number of anilines is 4. The lowest BCUT2D eigenvalue weighted by molar-refractivity contribution is 0.262. The molecule has 2 N–H and O–H groups in total. The van der Waals surface area contributed by atoms with Crippen molar-refractivity contribution in [3.05, 3.63) is 78.5 Å². The van der Waals surface area contributed by atoms with E-state index >= 15 is 0 Å². The molecule has 1 aliphatic rings. The normalized spacial score (nSPS) is 15.4. The third kappa shape index (κ3) is 3.24. The van der Waals surface area contributed by atoms with Gasteiger partial charge in [-0.05, 0) is 49.2 Å². The van der Waals surface area contributed by atoms with Crippen LogP contribution in [0.4, 0.5) is 27.7 Å². The van der Waals surface area contributed by atoms with Crippen LogP contribution in [0.15, 0.2) is 72.9 Å². The Morgan fingerprint density at radius 1 is 1.00 bits per heavy atom. The molecule has 2 amide bonds. The molecule has 1 atom stereocenters. The molecule has 0 bridgehead atoms. The molecular formula is C21H20N4O. The zero-order valence-corrected chi connectivity index (χ0v) is 14.5. The smallest absolute Gasteiger partial charge is 0.324 e. The number of carbonyl (C=O) groups is 1. The number of pyridine rings is 1. The number of nitrogens with one attached hydrogen (secondary N) is 2. The first-order valence-electron chi connectivity index (χ1n) is 8.67. The summed E-state index contributed by atoms with van der Waals surface area (Å²) < 4.78 is 0. The van der Waals surface area contributed by atoms with Gasteiger partial charge in [-0.2, -0.15) is 0 Å². The zero-order valence-electron chi connectivity index (χ0n) is 14.5. The molecule has 130 valence electrons. The minimum Gasteiger partial charge on any atom is -0.337 e. The Balaban J connectivity index is 1.46. The van der Waals surface area contributed by atoms with E-state index < -0.39 is 0 Å². The van der Waals surface area contributed by atoms with Crippen molar-refractivity contribution in [2.45, 2.75) is 19.4 Å². The highest BCUT2D eigenvalue weighted by molar-refractivity contribution is 5.99. The van der Waals surface area contributed by atoms with Crippen molar-refractivity contribution in [3.8, 4) is 0 Å². The summed E-state index contributed by atoms with van der Waals surface area (Å²) in [7, 11) is 0. The van der Waals surface area contributed by atoms with Gasteiger partial charge in [-0.1, -0.05) is 36.4 Å². The fourth-order valence-corrected chi connectivity index (χ4v) is 3.36. The summed E-state index contributed by atoms with van der Waals surface area (Å²) >= 11 is 0. The van der Waals surface area contributed by atoms with Crippen LogP contribution in [0.1, 0.15) is 12.5 Å². The van der Waals surface area contributed by atoms with Crippen LogP contribution >= 0.6 is 0 Å². The Bertz CT molecular complexity index is 909. The highest BCUT2D eigenvalue weighted by Crippen LogP contribution is 2.37. The van der Waals surface area contributed by atoms with E-state index in [0.29, 0.717) is 11.9 Å². The van der Waals surface area contributed by atoms with Gasteiger partial charge in [0.05, 0.1) is 11.9 Å². The van der Waals surface area contributed by atoms with Gasteiger partial charge < -0.3 is 10.2 Å². The maximum atomic E-state index is 12.1. The molecule has 2 heterocycles. The van der Waals surface area contributed by atoms with E-state index in [1.165, 1.54) is 11.3 Å². The molecule has 0 aliphatic carbocycles. The van der Waals surface area contributed by atoms with Crippen LogP contribution in [0.25, 0.3) is 0 Å². The molecule has 0 fully saturated rings. The Kier molecular flexibility index (Phi) is 4.27. The van der Waals surface area contributed by atoms with Gasteiger partial charge in [0.1, 0.15) is 5.82 Å². The highest BCUT2D eigenvalue weighted by atomic mass is 16.2. The van der Waals surface area contributed by atoms with Crippen molar-refractivity contribution in [2.24, 2.45) is 0 Å². The van der Waals surface area contributed by atoms with Crippen molar-refractivity contribution >= 4 is 28.9 Å². The number of urea groups is 1. The average molecular weight is 344 g/mol. The molecule has 0 saturated heterocycles. The average Bonchev–Trinajstić information content (AvgIpc) is 2.99. The molecule has 2 aromatic carbocycles. The predicted molar refractivity (Wildman–Crippen MR) is 105 cm³/mol. The van der Waals surface area contributed by atoms with Gasteiger partial charge in [-0.3, -0.25) is 5.32 Å². The van der Waals surface area contributed by atoms with Crippen LogP contribution in [0.5, 0.6) is 0 Å². The molecular weight excluding hydrogens is 324 g/mol. The molecule has 5 nitrogen and oxygen atoms in total. The third-order valence-corrected chi connectivity index (χ3v) is 4.51. The number of hydrogen-bond acceptors (Lipinski definition) is 3. The molecule has 1 aliphatic heterocycles. The van der Waals surface area contributed by atoms with Gasteiger partial charge in [0.15, 0.2) is 0 Å². The molecule has 5 heteroatoms. The van der Waals surface area contributed by atoms with Crippen LogP contribution in [0.3, 0.4) is 0 Å². The monoisotopic (exact) mass is 344 g/mol. The summed E-state index contributed by atoms with van der Waals surface area (Å²) in [5.41, 5.74) is 4.34. The summed E-state index contributed by atoms with van der Waals surface area (Å²) in [6.45, 7) is 2.21. The first kappa shape index (κ1) is 16.1. The Morgan fingerprint density at radius 2 is 1.77 bits per heavy atom. The number of carbonyl (C=O) groups excluding carboxylic acids is 1. The second-order valence-electron chi connectivity index (χ2n) is 6.40. The van der Waals surface area contributed by atoms with Gasteiger partial charge in [0.25, 0.3) is 0 Å². The quantitative estimate of drug-likeness (QED) is 0.717. The van der Waals surface area contributed by atoms with E-state index in [9.17, 15) is 4.79 Å². The van der Waals surface area contributed by atoms with E-state index in [0.717, 1.165) is 17.8 Å². The van der Waals surface area contributed by atoms with Crippen molar-refractivity contribution in [3.63, 3.8) is 0 Å². The van der Waals surface area contributed by atoms with Crippen molar-refractivity contribution in [1.82, 2.24) is 4.98 Å². The Labute approximate surface area is 152 Å². The van der Waals surface area contributed by atoms with E-state index in [-0.39, 0.29) is 6.03 Å². The first-order valence-corrected chi connectivity index (χ1v) is 8.67. The Hall–Kier alpha value is -3.34. The van der Waals surface area contributed by atoms with Crippen LogP contribution in [0, 0.1) is 0 Å². The summed E-state index contributed by atoms with van der Waals surface area (Å²) in [4.78, 5) is 18.8. The lowest BCUT2D eigenvalue weighted by Crippen LogP contribution is -2.24. The predicted octanol–water partition coefficient (Wildman–Crippen LogP) is 4.81. The third-order valence-electron chi connectivity index (χ3n) is 4.51. The van der Waals surface area contributed by atoms with Crippen molar-refractivity contribution in [2.75, 3.05) is 15.5 Å². The topological polar surface area (TPSA) is 57.3 Å². The molecule has 0 spiro atoms. The molecule has 0 saturated carbocycles. The maximum Gasteiger partial charge on any atom is 0.324 e. The Morgan fingerprint density at radius 3 is 2.54 bits per heavy atom. The first-order chi connectivity index (χ1) is 12.7. The summed E-state index contributed by atoms with van der Waals surface area (Å²) in [6, 6.07) is 21.7. The standard InChI is InChI=1S/C21H20N4O/c1-15-13-16-7-5-6-10-19(16)25(15)18-11-12-20(22-14-18)24-21(26)23-17-8-3-2-4-9-17/h2-12,14-15H,13H2,1H3,(H2,22,23,24,26). The van der Waals surface area contributed by atoms with Gasteiger partial charge in [0, 0.05) is 17.4 Å². The maximum absolute atomic E-state index is 12.1. The highest BCUT2D eigenvalue weighted by Gasteiger charge is 2.26. The second-order valence-corrected chi connectivity index (χ2v) is 6.40. The van der Waals surface area contributed by atoms with E-state index in [1.807, 2.05) is 42.5 Å². The molecule has 3 aromatic rings. The summed E-state index contributed by atoms with van der Waals surface area (Å²) in [6.07, 6.45) is 2.83. The van der Waals surface area contributed by atoms with Crippen LogP contribution in [0.2, 0.25) is 0 Å². The number of aromatic nitrogens is 1. The van der Waals surface area contributed by atoms with E-state index in [2.05, 4.69) is 51.7 Å². The fourth-order valence-electron chi connectivity index (χ4n) is 3.36. The number of fused-ring (bicyclic) bond motifs is 1. The van der Waals surface area contributed by atoms with E-state index in [4.69, 9.17) is 0 Å². The molecule has 1 aromatic heterocycles. The molecule has 26 heavy (non-hydrogen) atoms. The molecule has 1 unspecified atom stereocenters. The molecule has 4 rings (SSSR count). The van der Waals surface area contributed by atoms with Crippen LogP contribution in [-0.2, 0) is 6.42 Å². The number of hydrogen-bond donors (Lipinski definition) is 2. The van der Waals surface area contributed by atoms with Crippen molar-refractivity contribution in [1.29, 1.82) is 0 Å². The van der Waals surface area contributed by atoms with Crippen molar-refractivity contribution < 1.29 is 4.79 Å². The van der Waals surface area contributed by atoms with Crippen LogP contribution in [-0.4, -0.2) is 17.1 Å². The minimum atomic E-state index is -0.309. The van der Waals surface area contributed by atoms with Gasteiger partial charge in [0.2, 0.25) is 0 Å². The lowest BCUT2D eigenvalue weighted by Gasteiger charge is -2.24. The SMILES string of the molecule is CC1Cc2ccccc2N1c1ccc(NC(=O)Nc2ccccc2)nc1. The van der Waals surface area contributed by atoms with E-state index in [1.54, 1.807) is 6.20 Å². The number of para-hydroxylation sites is 2. The minimum absolute atomic E-state index is 0.309. The lowest BCUT2D eigenvalue weighted by atomic mass is 10.1.